The third-order valence-electron chi connectivity index (χ3n) is 8.39. The molecular formula is C24H30O8. The number of hydrogen-bond acceptors (Lipinski definition) is 8. The van der Waals surface area contributed by atoms with E-state index in [-0.39, 0.29) is 11.7 Å². The standard InChI is InChI=1S/C24H30O8/c1-7-22(4)10-13-8-15(27)18-23(5,14(13)9-16(22)30-11(2)25)20(31-12(3)26)17-19(28)24(18,6)21(29)32-17/h7-8,14,16-20,28H,1,9-10H2,2-6H3/t14-,16+,17+,18+,19-,20-,22-,23+,24+/m1/s1. The second-order valence-electron chi connectivity index (χ2n) is 10.3. The number of aliphatic hydroxyl groups is 1. The highest BCUT2D eigenvalue weighted by molar-refractivity contribution is 6.00. The number of ketones is 1. The number of ether oxygens (including phenoxy) is 3. The minimum Gasteiger partial charge on any atom is -0.462 e. The highest BCUT2D eigenvalue weighted by atomic mass is 16.6. The lowest BCUT2D eigenvalue weighted by Gasteiger charge is -2.60. The fourth-order valence-electron chi connectivity index (χ4n) is 6.80. The van der Waals surface area contributed by atoms with Crippen LogP contribution >= 0.6 is 0 Å². The van der Waals surface area contributed by atoms with Gasteiger partial charge in [-0.05, 0) is 31.8 Å². The van der Waals surface area contributed by atoms with Gasteiger partial charge in [0.05, 0.1) is 0 Å². The summed E-state index contributed by atoms with van der Waals surface area (Å²) in [7, 11) is 0. The maximum atomic E-state index is 13.5. The molecule has 9 atom stereocenters. The van der Waals surface area contributed by atoms with Crippen molar-refractivity contribution in [2.45, 2.75) is 71.9 Å². The molecule has 8 nitrogen and oxygen atoms in total. The average Bonchev–Trinajstić information content (AvgIpc) is 2.86. The van der Waals surface area contributed by atoms with Crippen LogP contribution in [0.2, 0.25) is 0 Å². The fourth-order valence-corrected chi connectivity index (χ4v) is 6.80. The van der Waals surface area contributed by atoms with Crippen LogP contribution in [0.4, 0.5) is 0 Å². The van der Waals surface area contributed by atoms with Crippen molar-refractivity contribution < 1.29 is 38.5 Å². The molecule has 1 saturated heterocycles. The van der Waals surface area contributed by atoms with Crippen molar-refractivity contribution >= 4 is 23.7 Å². The number of hydrogen-bond donors (Lipinski definition) is 1. The Bertz CT molecular complexity index is 952. The van der Waals surface area contributed by atoms with E-state index in [1.807, 2.05) is 13.8 Å². The molecule has 2 bridgehead atoms. The number of allylic oxidation sites excluding steroid dienone is 2. The van der Waals surface area contributed by atoms with Crippen molar-refractivity contribution in [3.8, 4) is 0 Å². The molecule has 1 aliphatic heterocycles. The van der Waals surface area contributed by atoms with Crippen molar-refractivity contribution in [2.24, 2.45) is 28.1 Å². The third-order valence-corrected chi connectivity index (χ3v) is 8.39. The number of carbonyl (C=O) groups excluding carboxylic acids is 4. The van der Waals surface area contributed by atoms with E-state index in [0.29, 0.717) is 12.8 Å². The molecule has 0 aromatic rings. The van der Waals surface area contributed by atoms with E-state index in [4.69, 9.17) is 14.2 Å². The van der Waals surface area contributed by atoms with Crippen molar-refractivity contribution in [3.05, 3.63) is 24.3 Å². The summed E-state index contributed by atoms with van der Waals surface area (Å²) in [5.41, 5.74) is -2.26. The zero-order chi connectivity index (χ0) is 23.8. The summed E-state index contributed by atoms with van der Waals surface area (Å²) < 4.78 is 16.8. The van der Waals surface area contributed by atoms with Gasteiger partial charge in [0.2, 0.25) is 0 Å². The monoisotopic (exact) mass is 446 g/mol. The second kappa shape index (κ2) is 7.01. The highest BCUT2D eigenvalue weighted by Gasteiger charge is 2.76. The Morgan fingerprint density at radius 1 is 1.19 bits per heavy atom. The van der Waals surface area contributed by atoms with Gasteiger partial charge in [0.25, 0.3) is 0 Å². The van der Waals surface area contributed by atoms with E-state index in [1.165, 1.54) is 13.8 Å². The van der Waals surface area contributed by atoms with Gasteiger partial charge in [-0.3, -0.25) is 19.2 Å². The molecule has 1 N–H and O–H groups in total. The van der Waals surface area contributed by atoms with E-state index in [9.17, 15) is 24.3 Å². The summed E-state index contributed by atoms with van der Waals surface area (Å²) >= 11 is 0. The Balaban J connectivity index is 1.90. The lowest BCUT2D eigenvalue weighted by atomic mass is 9.43. The zero-order valence-electron chi connectivity index (χ0n) is 19.0. The number of esters is 3. The Morgan fingerprint density at radius 2 is 1.81 bits per heavy atom. The molecule has 174 valence electrons. The van der Waals surface area contributed by atoms with Crippen LogP contribution in [0.15, 0.2) is 24.3 Å². The van der Waals surface area contributed by atoms with Crippen molar-refractivity contribution in [2.75, 3.05) is 0 Å². The van der Waals surface area contributed by atoms with Gasteiger partial charge < -0.3 is 19.3 Å². The Hall–Kier alpha value is -2.48. The molecule has 2 saturated carbocycles. The van der Waals surface area contributed by atoms with Gasteiger partial charge in [-0.25, -0.2) is 0 Å². The molecule has 0 aromatic carbocycles. The molecule has 8 heteroatoms. The van der Waals surface area contributed by atoms with Crippen LogP contribution in [-0.4, -0.2) is 53.2 Å². The first-order chi connectivity index (χ1) is 14.8. The first kappa shape index (κ1) is 22.7. The summed E-state index contributed by atoms with van der Waals surface area (Å²) in [5.74, 6) is -3.29. The molecule has 0 spiro atoms. The number of fused-ring (bicyclic) bond motifs is 6. The quantitative estimate of drug-likeness (QED) is 0.397. The molecule has 0 radical (unpaired) electrons. The second-order valence-corrected chi connectivity index (χ2v) is 10.3. The molecule has 4 aliphatic rings. The molecular weight excluding hydrogens is 416 g/mol. The molecule has 1 heterocycles. The van der Waals surface area contributed by atoms with E-state index in [2.05, 4.69) is 6.58 Å². The van der Waals surface area contributed by atoms with Gasteiger partial charge in [-0.2, -0.15) is 0 Å². The Labute approximate surface area is 187 Å². The zero-order valence-corrected chi connectivity index (χ0v) is 19.0. The van der Waals surface area contributed by atoms with Crippen molar-refractivity contribution in [1.82, 2.24) is 0 Å². The molecule has 0 unspecified atom stereocenters. The summed E-state index contributed by atoms with van der Waals surface area (Å²) in [6.07, 6.45) is 0.172. The van der Waals surface area contributed by atoms with Gasteiger partial charge in [0, 0.05) is 30.6 Å². The maximum Gasteiger partial charge on any atom is 0.315 e. The normalized spacial score (nSPS) is 46.9. The van der Waals surface area contributed by atoms with Gasteiger partial charge in [-0.1, -0.05) is 25.5 Å². The Kier molecular flexibility index (Phi) is 4.97. The molecule has 3 fully saturated rings. The molecule has 32 heavy (non-hydrogen) atoms. The van der Waals surface area contributed by atoms with E-state index in [0.717, 1.165) is 5.57 Å². The highest BCUT2D eigenvalue weighted by Crippen LogP contribution is 2.66. The summed E-state index contributed by atoms with van der Waals surface area (Å²) in [4.78, 5) is 50.3. The molecule has 0 amide bonds. The van der Waals surface area contributed by atoms with Crippen LogP contribution in [0.1, 0.15) is 47.5 Å². The average molecular weight is 446 g/mol. The first-order valence-corrected chi connectivity index (χ1v) is 10.9. The minimum absolute atomic E-state index is 0.299. The van der Waals surface area contributed by atoms with Crippen LogP contribution in [0.25, 0.3) is 0 Å². The van der Waals surface area contributed by atoms with E-state index in [1.54, 1.807) is 19.1 Å². The van der Waals surface area contributed by atoms with Crippen LogP contribution < -0.4 is 0 Å². The predicted molar refractivity (Wildman–Crippen MR) is 111 cm³/mol. The Morgan fingerprint density at radius 3 is 2.38 bits per heavy atom. The summed E-state index contributed by atoms with van der Waals surface area (Å²) in [5, 5.41) is 11.0. The first-order valence-electron chi connectivity index (χ1n) is 10.9. The predicted octanol–water partition coefficient (Wildman–Crippen LogP) is 1.89. The maximum absolute atomic E-state index is 13.5. The number of carbonyl (C=O) groups is 4. The molecule has 0 aromatic heterocycles. The van der Waals surface area contributed by atoms with E-state index >= 15 is 0 Å². The largest absolute Gasteiger partial charge is 0.462 e. The van der Waals surface area contributed by atoms with Gasteiger partial charge >= 0.3 is 17.9 Å². The van der Waals surface area contributed by atoms with Crippen LogP contribution in [0.3, 0.4) is 0 Å². The third kappa shape index (κ3) is 2.77. The van der Waals surface area contributed by atoms with Crippen LogP contribution in [0, 0.1) is 28.1 Å². The fraction of sp³-hybridized carbons (Fsp3) is 0.667. The molecule has 4 rings (SSSR count). The SMILES string of the molecule is C=C[C@]1(C)CC2=CC(=O)[C@@H]3[C@]4(C)C(=O)O[C@@H]([C@H]4O)[C@@H](OC(C)=O)[C@@]3(C)[C@@H]2C[C@@H]1OC(C)=O. The topological polar surface area (TPSA) is 116 Å². The van der Waals surface area contributed by atoms with Gasteiger partial charge in [-0.15, -0.1) is 6.58 Å². The lowest BCUT2D eigenvalue weighted by molar-refractivity contribution is -0.213. The summed E-state index contributed by atoms with van der Waals surface area (Å²) in [6, 6.07) is 0. The summed E-state index contributed by atoms with van der Waals surface area (Å²) in [6.45, 7) is 11.8. The number of aliphatic hydroxyl groups excluding tert-OH is 1. The van der Waals surface area contributed by atoms with E-state index < -0.39 is 64.5 Å². The smallest absolute Gasteiger partial charge is 0.315 e. The minimum atomic E-state index is -1.47. The van der Waals surface area contributed by atoms with Gasteiger partial charge in [0.15, 0.2) is 11.9 Å². The lowest BCUT2D eigenvalue weighted by Crippen LogP contribution is -2.69. The number of rotatable bonds is 3. The van der Waals surface area contributed by atoms with Gasteiger partial charge in [0.1, 0.15) is 23.7 Å². The van der Waals surface area contributed by atoms with Crippen LogP contribution in [0.5, 0.6) is 0 Å². The van der Waals surface area contributed by atoms with Crippen molar-refractivity contribution in [1.29, 1.82) is 0 Å². The molecule has 3 aliphatic carbocycles. The van der Waals surface area contributed by atoms with Crippen molar-refractivity contribution in [3.63, 3.8) is 0 Å². The van der Waals surface area contributed by atoms with Crippen LogP contribution in [-0.2, 0) is 33.4 Å².